The Morgan fingerprint density at radius 2 is 2.00 bits per heavy atom. The Labute approximate surface area is 109 Å². The van der Waals surface area contributed by atoms with E-state index < -0.39 is 24.3 Å². The third kappa shape index (κ3) is 6.08. The number of carbonyl (C=O) groups excluding carboxylic acids is 1. The van der Waals surface area contributed by atoms with Gasteiger partial charge in [0.25, 0.3) is 0 Å². The van der Waals surface area contributed by atoms with Crippen LogP contribution in [0.15, 0.2) is 18.3 Å². The van der Waals surface area contributed by atoms with E-state index in [9.17, 15) is 18.0 Å². The molecule has 0 saturated heterocycles. The number of aromatic nitrogens is 1. The van der Waals surface area contributed by atoms with Crippen molar-refractivity contribution < 1.29 is 22.7 Å². The van der Waals surface area contributed by atoms with Crippen molar-refractivity contribution in [2.75, 3.05) is 5.32 Å². The highest BCUT2D eigenvalue weighted by atomic mass is 19.4. The van der Waals surface area contributed by atoms with Gasteiger partial charge in [0, 0.05) is 11.8 Å². The lowest BCUT2D eigenvalue weighted by Crippen LogP contribution is -2.28. The Kier molecular flexibility index (Phi) is 4.39. The predicted molar refractivity (Wildman–Crippen MR) is 63.9 cm³/mol. The Morgan fingerprint density at radius 1 is 1.37 bits per heavy atom. The van der Waals surface area contributed by atoms with Crippen LogP contribution in [0, 0.1) is 0 Å². The maximum Gasteiger partial charge on any atom is 0.413 e. The summed E-state index contributed by atoms with van der Waals surface area (Å²) in [5, 5.41) is 2.22. The van der Waals surface area contributed by atoms with Crippen LogP contribution in [0.25, 0.3) is 0 Å². The molecule has 0 aliphatic heterocycles. The number of rotatable bonds is 2. The summed E-state index contributed by atoms with van der Waals surface area (Å²) < 4.78 is 42.0. The van der Waals surface area contributed by atoms with Gasteiger partial charge in [-0.3, -0.25) is 5.32 Å². The van der Waals surface area contributed by atoms with Crippen LogP contribution in [0.5, 0.6) is 0 Å². The van der Waals surface area contributed by atoms with E-state index in [1.54, 1.807) is 20.8 Å². The molecule has 7 heteroatoms. The van der Waals surface area contributed by atoms with Crippen LogP contribution in [0.2, 0.25) is 0 Å². The number of halogens is 3. The maximum absolute atomic E-state index is 12.4. The molecule has 0 fully saturated rings. The standard InChI is InChI=1S/C12H15F3N2O2/c1-11(2,3)19-10(18)17-9-8(5-4-6-16-9)7-12(13,14)15/h4-6H,7H2,1-3H3,(H,16,17,18). The summed E-state index contributed by atoms with van der Waals surface area (Å²) in [6, 6.07) is 2.63. The molecular formula is C12H15F3N2O2. The van der Waals surface area contributed by atoms with Gasteiger partial charge < -0.3 is 4.74 Å². The van der Waals surface area contributed by atoms with Gasteiger partial charge in [0.05, 0.1) is 6.42 Å². The summed E-state index contributed by atoms with van der Waals surface area (Å²) in [7, 11) is 0. The van der Waals surface area contributed by atoms with E-state index >= 15 is 0 Å². The van der Waals surface area contributed by atoms with E-state index in [1.165, 1.54) is 18.3 Å². The molecular weight excluding hydrogens is 261 g/mol. The monoisotopic (exact) mass is 276 g/mol. The summed E-state index contributed by atoms with van der Waals surface area (Å²) in [6.45, 7) is 4.96. The second-order valence-corrected chi connectivity index (χ2v) is 4.93. The van der Waals surface area contributed by atoms with E-state index in [0.29, 0.717) is 0 Å². The number of nitrogens with one attached hydrogen (secondary N) is 1. The normalized spacial score (nSPS) is 12.1. The molecule has 1 amide bonds. The SMILES string of the molecule is CC(C)(C)OC(=O)Nc1ncccc1CC(F)(F)F. The summed E-state index contributed by atoms with van der Waals surface area (Å²) in [4.78, 5) is 15.2. The van der Waals surface area contributed by atoms with Crippen LogP contribution in [0.1, 0.15) is 26.3 Å². The quantitative estimate of drug-likeness (QED) is 0.899. The molecule has 1 aromatic heterocycles. The Bertz CT molecular complexity index is 453. The molecule has 106 valence electrons. The minimum absolute atomic E-state index is 0.110. The highest BCUT2D eigenvalue weighted by Crippen LogP contribution is 2.25. The molecule has 19 heavy (non-hydrogen) atoms. The lowest BCUT2D eigenvalue weighted by Gasteiger charge is -2.20. The summed E-state index contributed by atoms with van der Waals surface area (Å²) >= 11 is 0. The number of hydrogen-bond donors (Lipinski definition) is 1. The zero-order valence-electron chi connectivity index (χ0n) is 10.8. The molecule has 1 heterocycles. The summed E-state index contributed by atoms with van der Waals surface area (Å²) in [5.41, 5.74) is -0.843. The van der Waals surface area contributed by atoms with E-state index in [1.807, 2.05) is 0 Å². The largest absolute Gasteiger partial charge is 0.444 e. The predicted octanol–water partition coefficient (Wildman–Crippen LogP) is 3.53. The first-order valence-electron chi connectivity index (χ1n) is 5.57. The van der Waals surface area contributed by atoms with Crippen molar-refractivity contribution in [1.29, 1.82) is 0 Å². The van der Waals surface area contributed by atoms with Gasteiger partial charge in [-0.1, -0.05) is 6.07 Å². The van der Waals surface area contributed by atoms with Crippen molar-refractivity contribution in [1.82, 2.24) is 4.98 Å². The number of pyridine rings is 1. The van der Waals surface area contributed by atoms with Gasteiger partial charge in [-0.15, -0.1) is 0 Å². The van der Waals surface area contributed by atoms with Crippen molar-refractivity contribution in [3.05, 3.63) is 23.9 Å². The molecule has 1 N–H and O–H groups in total. The topological polar surface area (TPSA) is 51.2 Å². The van der Waals surface area contributed by atoms with Crippen molar-refractivity contribution in [2.45, 2.75) is 39.0 Å². The fourth-order valence-corrected chi connectivity index (χ4v) is 1.31. The molecule has 0 spiro atoms. The number of amides is 1. The average molecular weight is 276 g/mol. The Morgan fingerprint density at radius 3 is 2.53 bits per heavy atom. The minimum Gasteiger partial charge on any atom is -0.444 e. The van der Waals surface area contributed by atoms with Crippen LogP contribution < -0.4 is 5.32 Å². The zero-order valence-corrected chi connectivity index (χ0v) is 10.8. The maximum atomic E-state index is 12.4. The van der Waals surface area contributed by atoms with Gasteiger partial charge in [0.1, 0.15) is 11.4 Å². The molecule has 1 aromatic rings. The second kappa shape index (κ2) is 5.46. The molecule has 0 atom stereocenters. The molecule has 0 bridgehead atoms. The van der Waals surface area contributed by atoms with Gasteiger partial charge in [0.2, 0.25) is 0 Å². The highest BCUT2D eigenvalue weighted by Gasteiger charge is 2.29. The van der Waals surface area contributed by atoms with Gasteiger partial charge in [-0.05, 0) is 26.8 Å². The number of anilines is 1. The Hall–Kier alpha value is -1.79. The third-order valence-electron chi connectivity index (χ3n) is 1.90. The number of carbonyl (C=O) groups is 1. The lowest BCUT2D eigenvalue weighted by atomic mass is 10.2. The fraction of sp³-hybridized carbons (Fsp3) is 0.500. The van der Waals surface area contributed by atoms with Crippen LogP contribution >= 0.6 is 0 Å². The molecule has 0 aliphatic carbocycles. The van der Waals surface area contributed by atoms with Gasteiger partial charge in [0.15, 0.2) is 0 Å². The van der Waals surface area contributed by atoms with Crippen LogP contribution in [0.3, 0.4) is 0 Å². The Balaban J connectivity index is 2.81. The van der Waals surface area contributed by atoms with Crippen molar-refractivity contribution in [2.24, 2.45) is 0 Å². The summed E-state index contributed by atoms with van der Waals surface area (Å²) in [5.74, 6) is -0.144. The first kappa shape index (κ1) is 15.3. The number of alkyl halides is 3. The first-order chi connectivity index (χ1) is 8.57. The number of nitrogens with zero attached hydrogens (tertiary/aromatic N) is 1. The van der Waals surface area contributed by atoms with Gasteiger partial charge >= 0.3 is 12.3 Å². The van der Waals surface area contributed by atoms with E-state index in [4.69, 9.17) is 4.74 Å². The number of hydrogen-bond acceptors (Lipinski definition) is 3. The zero-order chi connectivity index (χ0) is 14.7. The minimum atomic E-state index is -4.37. The van der Waals surface area contributed by atoms with E-state index in [-0.39, 0.29) is 11.4 Å². The van der Waals surface area contributed by atoms with Gasteiger partial charge in [-0.2, -0.15) is 13.2 Å². The molecule has 0 unspecified atom stereocenters. The number of ether oxygens (including phenoxy) is 1. The second-order valence-electron chi connectivity index (χ2n) is 4.93. The molecule has 0 saturated carbocycles. The average Bonchev–Trinajstić information content (AvgIpc) is 2.15. The molecule has 0 radical (unpaired) electrons. The smallest absolute Gasteiger partial charge is 0.413 e. The van der Waals surface area contributed by atoms with Crippen LogP contribution in [0.4, 0.5) is 23.8 Å². The molecule has 1 rings (SSSR count). The molecule has 0 aliphatic rings. The van der Waals surface area contributed by atoms with E-state index in [2.05, 4.69) is 10.3 Å². The van der Waals surface area contributed by atoms with E-state index in [0.717, 1.165) is 0 Å². The van der Waals surface area contributed by atoms with Crippen molar-refractivity contribution in [3.63, 3.8) is 0 Å². The fourth-order valence-electron chi connectivity index (χ4n) is 1.31. The van der Waals surface area contributed by atoms with Crippen LogP contribution in [-0.4, -0.2) is 22.9 Å². The first-order valence-corrected chi connectivity index (χ1v) is 5.57. The highest BCUT2D eigenvalue weighted by molar-refractivity contribution is 5.84. The molecule has 0 aromatic carbocycles. The lowest BCUT2D eigenvalue weighted by molar-refractivity contribution is -0.127. The summed E-state index contributed by atoms with van der Waals surface area (Å²) in [6.07, 6.45) is -5.07. The van der Waals surface area contributed by atoms with Gasteiger partial charge in [-0.25, -0.2) is 9.78 Å². The van der Waals surface area contributed by atoms with Crippen molar-refractivity contribution in [3.8, 4) is 0 Å². The molecule has 4 nitrogen and oxygen atoms in total. The van der Waals surface area contributed by atoms with Crippen LogP contribution in [-0.2, 0) is 11.2 Å². The third-order valence-corrected chi connectivity index (χ3v) is 1.90. The van der Waals surface area contributed by atoms with Crippen molar-refractivity contribution >= 4 is 11.9 Å².